The monoisotopic (exact) mass is 315 g/mol. The lowest BCUT2D eigenvalue weighted by Crippen LogP contribution is -2.27. The molecule has 0 saturated heterocycles. The van der Waals surface area contributed by atoms with Crippen molar-refractivity contribution in [1.29, 1.82) is 0 Å². The van der Waals surface area contributed by atoms with Crippen LogP contribution in [0.3, 0.4) is 0 Å². The number of rotatable bonds is 6. The first-order valence-electron chi connectivity index (χ1n) is 6.91. The Morgan fingerprint density at radius 1 is 1.14 bits per heavy atom. The highest BCUT2D eigenvalue weighted by atomic mass is 32.1. The summed E-state index contributed by atoms with van der Waals surface area (Å²) in [4.78, 5) is 22.6. The highest BCUT2D eigenvalue weighted by molar-refractivity contribution is 7.80. The van der Waals surface area contributed by atoms with E-state index in [1.807, 2.05) is 42.5 Å². The van der Waals surface area contributed by atoms with Crippen LogP contribution in [0, 0.1) is 0 Å². The van der Waals surface area contributed by atoms with Crippen LogP contribution in [0.4, 0.5) is 0 Å². The molecule has 0 aliphatic rings. The first-order chi connectivity index (χ1) is 10.6. The minimum atomic E-state index is -0.939. The number of fused-ring (bicyclic) bond motifs is 1. The number of carbonyl (C=O) groups is 2. The Bertz CT molecular complexity index is 719. The minimum absolute atomic E-state index is 0.0974. The Morgan fingerprint density at radius 2 is 1.86 bits per heavy atom. The number of amides is 1. The number of carboxylic acid groups (broad SMARTS) is 1. The van der Waals surface area contributed by atoms with Gasteiger partial charge in [0.05, 0.1) is 6.42 Å². The van der Waals surface area contributed by atoms with Gasteiger partial charge in [-0.3, -0.25) is 9.59 Å². The fourth-order valence-corrected chi connectivity index (χ4v) is 2.38. The summed E-state index contributed by atoms with van der Waals surface area (Å²) in [5.41, 5.74) is 1.45. The van der Waals surface area contributed by atoms with Gasteiger partial charge in [-0.2, -0.15) is 12.6 Å². The number of nitrogens with one attached hydrogen (secondary N) is 1. The summed E-state index contributed by atoms with van der Waals surface area (Å²) in [6.45, 7) is 0.106. The number of hydrogen-bond donors (Lipinski definition) is 3. The second-order valence-electron chi connectivity index (χ2n) is 4.80. The lowest BCUT2D eigenvalue weighted by Gasteiger charge is -2.07. The molecule has 0 bridgehead atoms. The molecule has 0 radical (unpaired) electrons. The smallest absolute Gasteiger partial charge is 0.305 e. The topological polar surface area (TPSA) is 66.4 Å². The van der Waals surface area contributed by atoms with Crippen LogP contribution in [-0.4, -0.2) is 29.3 Å². The van der Waals surface area contributed by atoms with Gasteiger partial charge >= 0.3 is 5.97 Å². The lowest BCUT2D eigenvalue weighted by atomic mass is 10.0. The first kappa shape index (κ1) is 16.1. The first-order valence-corrected chi connectivity index (χ1v) is 7.54. The molecule has 22 heavy (non-hydrogen) atoms. The van der Waals surface area contributed by atoms with Crippen LogP contribution in [-0.2, 0) is 9.59 Å². The molecule has 5 heteroatoms. The molecule has 0 aliphatic carbocycles. The standard InChI is InChI=1S/C17H17NO3S/c19-16(20)8-9-18-17(21)14(11-22)10-13-6-3-5-12-4-1-2-7-15(12)13/h1-7,10,22H,8-9,11H2,(H,18,21)(H,19,20). The zero-order chi connectivity index (χ0) is 15.9. The SMILES string of the molecule is O=C(O)CCNC(=O)C(=Cc1cccc2ccccc12)CS. The maximum absolute atomic E-state index is 12.1. The van der Waals surface area contributed by atoms with Gasteiger partial charge in [0, 0.05) is 17.9 Å². The Labute approximate surface area is 134 Å². The largest absolute Gasteiger partial charge is 0.481 e. The molecule has 0 fully saturated rings. The summed E-state index contributed by atoms with van der Waals surface area (Å²) in [5, 5.41) is 13.3. The number of aliphatic carboxylic acids is 1. The van der Waals surface area contributed by atoms with E-state index in [0.29, 0.717) is 5.57 Å². The van der Waals surface area contributed by atoms with E-state index in [2.05, 4.69) is 17.9 Å². The van der Waals surface area contributed by atoms with Gasteiger partial charge < -0.3 is 10.4 Å². The van der Waals surface area contributed by atoms with Crippen LogP contribution < -0.4 is 5.32 Å². The summed E-state index contributed by atoms with van der Waals surface area (Å²) in [7, 11) is 0. The van der Waals surface area contributed by atoms with Gasteiger partial charge in [0.2, 0.25) is 5.91 Å². The molecular formula is C17H17NO3S. The van der Waals surface area contributed by atoms with E-state index in [9.17, 15) is 9.59 Å². The van der Waals surface area contributed by atoms with Crippen molar-refractivity contribution in [3.63, 3.8) is 0 Å². The number of thiol groups is 1. The van der Waals surface area contributed by atoms with E-state index >= 15 is 0 Å². The Kier molecular flexibility index (Phi) is 5.61. The van der Waals surface area contributed by atoms with Crippen LogP contribution >= 0.6 is 12.6 Å². The van der Waals surface area contributed by atoms with Gasteiger partial charge in [-0.15, -0.1) is 0 Å². The molecule has 2 aromatic carbocycles. The summed E-state index contributed by atoms with van der Waals surface area (Å²) in [6, 6.07) is 13.8. The van der Waals surface area contributed by atoms with Crippen molar-refractivity contribution in [2.24, 2.45) is 0 Å². The average Bonchev–Trinajstić information content (AvgIpc) is 2.52. The minimum Gasteiger partial charge on any atom is -0.481 e. The molecular weight excluding hydrogens is 298 g/mol. The van der Waals surface area contributed by atoms with Crippen LogP contribution in [0.2, 0.25) is 0 Å². The van der Waals surface area contributed by atoms with Crippen molar-refractivity contribution in [2.75, 3.05) is 12.3 Å². The molecule has 1 amide bonds. The highest BCUT2D eigenvalue weighted by Gasteiger charge is 2.09. The fourth-order valence-electron chi connectivity index (χ4n) is 2.14. The van der Waals surface area contributed by atoms with Crippen LogP contribution in [0.25, 0.3) is 16.8 Å². The lowest BCUT2D eigenvalue weighted by molar-refractivity contribution is -0.136. The maximum atomic E-state index is 12.1. The predicted octanol–water partition coefficient (Wildman–Crippen LogP) is 2.74. The van der Waals surface area contributed by atoms with Crippen molar-refractivity contribution in [3.05, 3.63) is 53.6 Å². The van der Waals surface area contributed by atoms with Crippen molar-refractivity contribution < 1.29 is 14.7 Å². The number of carboxylic acids is 1. The van der Waals surface area contributed by atoms with Gasteiger partial charge in [0.15, 0.2) is 0 Å². The molecule has 2 rings (SSSR count). The third-order valence-electron chi connectivity index (χ3n) is 3.24. The molecule has 0 aromatic heterocycles. The Morgan fingerprint density at radius 3 is 2.59 bits per heavy atom. The fraction of sp³-hybridized carbons (Fsp3) is 0.176. The second kappa shape index (κ2) is 7.66. The van der Waals surface area contributed by atoms with Crippen LogP contribution in [0.5, 0.6) is 0 Å². The van der Waals surface area contributed by atoms with E-state index in [-0.39, 0.29) is 24.6 Å². The van der Waals surface area contributed by atoms with Crippen molar-refractivity contribution >= 4 is 41.4 Å². The predicted molar refractivity (Wildman–Crippen MR) is 91.0 cm³/mol. The summed E-state index contributed by atoms with van der Waals surface area (Å²) in [6.07, 6.45) is 1.70. The molecule has 0 atom stereocenters. The zero-order valence-corrected chi connectivity index (χ0v) is 12.8. The third kappa shape index (κ3) is 4.11. The van der Waals surface area contributed by atoms with Gasteiger partial charge in [-0.05, 0) is 22.4 Å². The van der Waals surface area contributed by atoms with E-state index in [4.69, 9.17) is 5.11 Å². The molecule has 114 valence electrons. The molecule has 0 saturated carbocycles. The molecule has 2 N–H and O–H groups in total. The summed E-state index contributed by atoms with van der Waals surface area (Å²) in [5.74, 6) is -0.947. The van der Waals surface area contributed by atoms with Gasteiger partial charge in [0.25, 0.3) is 0 Å². The molecule has 0 unspecified atom stereocenters. The summed E-state index contributed by atoms with van der Waals surface area (Å²) < 4.78 is 0. The van der Waals surface area contributed by atoms with E-state index in [1.54, 1.807) is 6.08 Å². The molecule has 2 aromatic rings. The van der Waals surface area contributed by atoms with E-state index in [0.717, 1.165) is 16.3 Å². The van der Waals surface area contributed by atoms with Crippen molar-refractivity contribution in [1.82, 2.24) is 5.32 Å². The Hall–Kier alpha value is -2.27. The van der Waals surface area contributed by atoms with Crippen molar-refractivity contribution in [2.45, 2.75) is 6.42 Å². The Balaban J connectivity index is 2.23. The second-order valence-corrected chi connectivity index (χ2v) is 5.11. The van der Waals surface area contributed by atoms with Crippen LogP contribution in [0.15, 0.2) is 48.0 Å². The molecule has 0 heterocycles. The summed E-state index contributed by atoms with van der Waals surface area (Å²) >= 11 is 4.20. The zero-order valence-electron chi connectivity index (χ0n) is 12.0. The molecule has 0 spiro atoms. The highest BCUT2D eigenvalue weighted by Crippen LogP contribution is 2.21. The average molecular weight is 315 g/mol. The quantitative estimate of drug-likeness (QED) is 0.567. The molecule has 0 aliphatic heterocycles. The van der Waals surface area contributed by atoms with Crippen molar-refractivity contribution in [3.8, 4) is 0 Å². The van der Waals surface area contributed by atoms with Gasteiger partial charge in [0.1, 0.15) is 0 Å². The number of carbonyl (C=O) groups excluding carboxylic acids is 1. The molecule has 4 nitrogen and oxygen atoms in total. The van der Waals surface area contributed by atoms with Crippen LogP contribution in [0.1, 0.15) is 12.0 Å². The number of benzene rings is 2. The maximum Gasteiger partial charge on any atom is 0.305 e. The van der Waals surface area contributed by atoms with E-state index < -0.39 is 5.97 Å². The van der Waals surface area contributed by atoms with E-state index in [1.165, 1.54) is 0 Å². The van der Waals surface area contributed by atoms with Gasteiger partial charge in [-0.1, -0.05) is 42.5 Å². The number of hydrogen-bond acceptors (Lipinski definition) is 3. The van der Waals surface area contributed by atoms with Gasteiger partial charge in [-0.25, -0.2) is 0 Å². The normalized spacial score (nSPS) is 11.4. The third-order valence-corrected chi connectivity index (χ3v) is 3.58.